The van der Waals surface area contributed by atoms with Crippen molar-refractivity contribution in [1.29, 1.82) is 0 Å². The van der Waals surface area contributed by atoms with Crippen LogP contribution in [0.3, 0.4) is 0 Å². The van der Waals surface area contributed by atoms with E-state index in [0.717, 1.165) is 16.7 Å². The lowest BCUT2D eigenvalue weighted by molar-refractivity contribution is -0.148. The van der Waals surface area contributed by atoms with E-state index < -0.39 is 0 Å². The molecule has 0 aliphatic carbocycles. The second kappa shape index (κ2) is 10.6. The topological polar surface area (TPSA) is 84.5 Å². The Morgan fingerprint density at radius 1 is 1.06 bits per heavy atom. The van der Waals surface area contributed by atoms with Gasteiger partial charge >= 0.3 is 5.97 Å². The van der Waals surface area contributed by atoms with Crippen molar-refractivity contribution >= 4 is 17.8 Å². The standard InChI is InChI=1S/C25H28N2O4/c1-3-31-25(30)17(2)13-22(27-24(29)21-15-23(28)26-16-21)14-18-9-11-20(12-10-18)19-7-5-4-6-8-19/h4-12,16-17,22H,3,13-15H2,1-2H3,(H,26,28)(H,27,29)/t17-,22+/m1/s1. The first-order valence-electron chi connectivity index (χ1n) is 10.6. The number of carbonyl (C=O) groups is 3. The van der Waals surface area contributed by atoms with Crippen LogP contribution >= 0.6 is 0 Å². The smallest absolute Gasteiger partial charge is 0.308 e. The van der Waals surface area contributed by atoms with Crippen LogP contribution in [-0.4, -0.2) is 30.4 Å². The molecule has 1 heterocycles. The fourth-order valence-electron chi connectivity index (χ4n) is 3.62. The Morgan fingerprint density at radius 2 is 1.74 bits per heavy atom. The van der Waals surface area contributed by atoms with Gasteiger partial charge in [0.05, 0.1) is 18.9 Å². The molecule has 0 fully saturated rings. The molecule has 0 unspecified atom stereocenters. The Labute approximate surface area is 182 Å². The molecule has 0 radical (unpaired) electrons. The van der Waals surface area contributed by atoms with Crippen molar-refractivity contribution in [2.24, 2.45) is 5.92 Å². The zero-order chi connectivity index (χ0) is 22.2. The lowest BCUT2D eigenvalue weighted by Gasteiger charge is -2.22. The molecule has 1 aliphatic heterocycles. The van der Waals surface area contributed by atoms with Crippen LogP contribution < -0.4 is 10.6 Å². The number of hydrogen-bond acceptors (Lipinski definition) is 4. The Bertz CT molecular complexity index is 951. The largest absolute Gasteiger partial charge is 0.466 e. The lowest BCUT2D eigenvalue weighted by atomic mass is 9.94. The summed E-state index contributed by atoms with van der Waals surface area (Å²) < 4.78 is 5.12. The van der Waals surface area contributed by atoms with Crippen molar-refractivity contribution in [3.8, 4) is 11.1 Å². The molecule has 3 rings (SSSR count). The Hall–Kier alpha value is -3.41. The Balaban J connectivity index is 1.71. The molecule has 2 aromatic rings. The fraction of sp³-hybridized carbons (Fsp3) is 0.320. The van der Waals surface area contributed by atoms with E-state index in [1.165, 1.54) is 6.20 Å². The predicted molar refractivity (Wildman–Crippen MR) is 119 cm³/mol. The normalized spacial score (nSPS) is 14.9. The van der Waals surface area contributed by atoms with Crippen LogP contribution in [0, 0.1) is 5.92 Å². The Morgan fingerprint density at radius 3 is 2.35 bits per heavy atom. The van der Waals surface area contributed by atoms with E-state index >= 15 is 0 Å². The second-order valence-corrected chi connectivity index (χ2v) is 7.74. The van der Waals surface area contributed by atoms with Crippen molar-refractivity contribution in [2.75, 3.05) is 6.61 Å². The van der Waals surface area contributed by atoms with Gasteiger partial charge in [0.2, 0.25) is 11.8 Å². The first kappa shape index (κ1) is 22.3. The van der Waals surface area contributed by atoms with Gasteiger partial charge in [-0.05, 0) is 36.5 Å². The zero-order valence-electron chi connectivity index (χ0n) is 17.9. The van der Waals surface area contributed by atoms with E-state index in [0.29, 0.717) is 25.0 Å². The number of ether oxygens (including phenoxy) is 1. The van der Waals surface area contributed by atoms with E-state index in [-0.39, 0.29) is 36.2 Å². The monoisotopic (exact) mass is 420 g/mol. The van der Waals surface area contributed by atoms with Crippen molar-refractivity contribution in [3.63, 3.8) is 0 Å². The van der Waals surface area contributed by atoms with Crippen molar-refractivity contribution in [1.82, 2.24) is 10.6 Å². The van der Waals surface area contributed by atoms with Gasteiger partial charge in [0.15, 0.2) is 0 Å². The fourth-order valence-corrected chi connectivity index (χ4v) is 3.62. The average molecular weight is 421 g/mol. The van der Waals surface area contributed by atoms with Crippen molar-refractivity contribution < 1.29 is 19.1 Å². The van der Waals surface area contributed by atoms with E-state index in [9.17, 15) is 14.4 Å². The number of rotatable bonds is 9. The van der Waals surface area contributed by atoms with Gasteiger partial charge in [0.1, 0.15) is 0 Å². The molecule has 6 nitrogen and oxygen atoms in total. The molecule has 0 aromatic heterocycles. The summed E-state index contributed by atoms with van der Waals surface area (Å²) in [6.07, 6.45) is 2.52. The quantitative estimate of drug-likeness (QED) is 0.609. The highest BCUT2D eigenvalue weighted by atomic mass is 16.5. The molecule has 1 aliphatic rings. The number of benzene rings is 2. The molecule has 0 saturated heterocycles. The van der Waals surface area contributed by atoms with Gasteiger partial charge in [-0.1, -0.05) is 61.5 Å². The number of esters is 1. The molecule has 6 heteroatoms. The zero-order valence-corrected chi connectivity index (χ0v) is 17.9. The third-order valence-electron chi connectivity index (χ3n) is 5.26. The molecular weight excluding hydrogens is 392 g/mol. The van der Waals surface area contributed by atoms with Gasteiger partial charge in [-0.2, -0.15) is 0 Å². The molecule has 162 valence electrons. The molecule has 2 N–H and O–H groups in total. The van der Waals surface area contributed by atoms with Crippen LogP contribution in [0.15, 0.2) is 66.4 Å². The maximum absolute atomic E-state index is 12.6. The number of nitrogens with one attached hydrogen (secondary N) is 2. The molecule has 0 bridgehead atoms. The van der Waals surface area contributed by atoms with Crippen LogP contribution in [0.4, 0.5) is 0 Å². The van der Waals surface area contributed by atoms with Gasteiger partial charge < -0.3 is 15.4 Å². The molecular formula is C25H28N2O4. The SMILES string of the molecule is CCOC(=O)[C@H](C)C[C@@H](Cc1ccc(-c2ccccc2)cc1)NC(=O)C1=CNC(=O)C1. The highest BCUT2D eigenvalue weighted by molar-refractivity contribution is 6.01. The van der Waals surface area contributed by atoms with Gasteiger partial charge in [-0.3, -0.25) is 14.4 Å². The lowest BCUT2D eigenvalue weighted by Crippen LogP contribution is -2.39. The molecule has 2 aromatic carbocycles. The molecule has 31 heavy (non-hydrogen) atoms. The third-order valence-corrected chi connectivity index (χ3v) is 5.26. The number of hydrogen-bond donors (Lipinski definition) is 2. The van der Waals surface area contributed by atoms with Crippen molar-refractivity contribution in [3.05, 3.63) is 71.9 Å². The van der Waals surface area contributed by atoms with Gasteiger partial charge in [-0.25, -0.2) is 0 Å². The summed E-state index contributed by atoms with van der Waals surface area (Å²) in [6.45, 7) is 3.89. The molecule has 0 saturated carbocycles. The number of carbonyl (C=O) groups excluding carboxylic acids is 3. The summed E-state index contributed by atoms with van der Waals surface area (Å²) in [5, 5.41) is 5.53. The maximum atomic E-state index is 12.6. The highest BCUT2D eigenvalue weighted by Crippen LogP contribution is 2.21. The minimum Gasteiger partial charge on any atom is -0.466 e. The summed E-state index contributed by atoms with van der Waals surface area (Å²) in [7, 11) is 0. The first-order chi connectivity index (χ1) is 15.0. The molecule has 2 amide bonds. The minimum atomic E-state index is -0.355. The van der Waals surface area contributed by atoms with Gasteiger partial charge in [0, 0.05) is 17.8 Å². The summed E-state index contributed by atoms with van der Waals surface area (Å²) in [5.41, 5.74) is 3.71. The highest BCUT2D eigenvalue weighted by Gasteiger charge is 2.25. The summed E-state index contributed by atoms with van der Waals surface area (Å²) in [4.78, 5) is 36.2. The van der Waals surface area contributed by atoms with Gasteiger partial charge in [-0.15, -0.1) is 0 Å². The van der Waals surface area contributed by atoms with E-state index in [4.69, 9.17) is 4.74 Å². The van der Waals surface area contributed by atoms with E-state index in [1.54, 1.807) is 13.8 Å². The first-order valence-corrected chi connectivity index (χ1v) is 10.6. The summed E-state index contributed by atoms with van der Waals surface area (Å²) in [6, 6.07) is 18.0. The van der Waals surface area contributed by atoms with Crippen molar-refractivity contribution in [2.45, 2.75) is 39.2 Å². The van der Waals surface area contributed by atoms with Crippen LogP contribution in [0.25, 0.3) is 11.1 Å². The minimum absolute atomic E-state index is 0.0672. The predicted octanol–water partition coefficient (Wildman–Crippen LogP) is 3.37. The van der Waals surface area contributed by atoms with Crippen LogP contribution in [0.2, 0.25) is 0 Å². The van der Waals surface area contributed by atoms with E-state index in [2.05, 4.69) is 34.9 Å². The van der Waals surface area contributed by atoms with Crippen LogP contribution in [-0.2, 0) is 25.5 Å². The molecule has 2 atom stereocenters. The number of amides is 2. The van der Waals surface area contributed by atoms with E-state index in [1.807, 2.05) is 30.3 Å². The second-order valence-electron chi connectivity index (χ2n) is 7.74. The van der Waals surface area contributed by atoms with Crippen LogP contribution in [0.1, 0.15) is 32.3 Å². The Kier molecular flexibility index (Phi) is 7.60. The average Bonchev–Trinajstić information content (AvgIpc) is 3.21. The summed E-state index contributed by atoms with van der Waals surface area (Å²) in [5.74, 6) is -1.12. The molecule has 0 spiro atoms. The van der Waals surface area contributed by atoms with Crippen LogP contribution in [0.5, 0.6) is 0 Å². The summed E-state index contributed by atoms with van der Waals surface area (Å²) >= 11 is 0. The van der Waals surface area contributed by atoms with Gasteiger partial charge in [0.25, 0.3) is 0 Å². The maximum Gasteiger partial charge on any atom is 0.308 e. The third kappa shape index (κ3) is 6.28.